The number of hydrogen-bond acceptors (Lipinski definition) is 4. The van der Waals surface area contributed by atoms with Crippen LogP contribution in [0, 0.1) is 13.8 Å². The maximum absolute atomic E-state index is 13.4. The summed E-state index contributed by atoms with van der Waals surface area (Å²) in [5.41, 5.74) is -0.219. The van der Waals surface area contributed by atoms with Gasteiger partial charge < -0.3 is 5.32 Å². The molecule has 0 aliphatic heterocycles. The zero-order chi connectivity index (χ0) is 25.0. The minimum Gasteiger partial charge on any atom is -0.359 e. The maximum Gasteiger partial charge on any atom is 0.242 e. The number of benzene rings is 2. The van der Waals surface area contributed by atoms with Crippen LogP contribution >= 0.6 is 81.2 Å². The summed E-state index contributed by atoms with van der Waals surface area (Å²) >= 11 is 44.2. The van der Waals surface area contributed by atoms with Crippen molar-refractivity contribution in [2.45, 2.75) is 33.1 Å². The monoisotopic (exact) mass is 608 g/mol. The van der Waals surface area contributed by atoms with Gasteiger partial charge in [0.1, 0.15) is 5.03 Å². The highest BCUT2D eigenvalue weighted by Gasteiger charge is 2.71. The Bertz CT molecular complexity index is 1260. The smallest absolute Gasteiger partial charge is 0.242 e. The number of anilines is 1. The van der Waals surface area contributed by atoms with Gasteiger partial charge in [-0.15, -0.1) is 0 Å². The second-order valence-corrected chi connectivity index (χ2v) is 12.9. The first kappa shape index (κ1) is 27.2. The van der Waals surface area contributed by atoms with Crippen LogP contribution in [0.5, 0.6) is 0 Å². The number of sulfonamides is 1. The van der Waals surface area contributed by atoms with Crippen molar-refractivity contribution in [3.05, 3.63) is 68.7 Å². The number of alkyl halides is 4. The van der Waals surface area contributed by atoms with Gasteiger partial charge in [0.25, 0.3) is 0 Å². The highest BCUT2D eigenvalue weighted by atomic mass is 35.5. The van der Waals surface area contributed by atoms with Gasteiger partial charge >= 0.3 is 0 Å². The molecule has 0 saturated heterocycles. The van der Waals surface area contributed by atoms with E-state index < -0.39 is 40.2 Å². The molecule has 178 valence electrons. The minimum atomic E-state index is -4.41. The number of rotatable bonds is 5. The van der Waals surface area contributed by atoms with Crippen LogP contribution in [-0.2, 0) is 14.8 Å². The summed E-state index contributed by atoms with van der Waals surface area (Å²) in [7, 11) is -4.41. The van der Waals surface area contributed by atoms with Crippen LogP contribution < -0.4 is 10.0 Å². The number of Topliss-reactive ketones (excluding diaryl/α,β-unsaturated/α-hetero) is 1. The number of hydrogen-bond donors (Lipinski definition) is 2. The summed E-state index contributed by atoms with van der Waals surface area (Å²) in [6, 6.07) is 10.3. The number of allylic oxidation sites excluding steroid dienone is 1. The molecule has 0 heterocycles. The van der Waals surface area contributed by atoms with Crippen LogP contribution in [0.2, 0.25) is 5.02 Å². The molecule has 2 aromatic carbocycles. The number of aryl methyl sites for hydroxylation is 2. The Balaban J connectivity index is 2.29. The number of nitrogens with one attached hydrogen (secondary N) is 2. The minimum absolute atomic E-state index is 0.204. The third-order valence-electron chi connectivity index (χ3n) is 5.12. The van der Waals surface area contributed by atoms with Crippen LogP contribution in [-0.4, -0.2) is 28.5 Å². The van der Waals surface area contributed by atoms with Gasteiger partial charge in [-0.25, -0.2) is 8.42 Å². The van der Waals surface area contributed by atoms with Gasteiger partial charge in [0.15, 0.2) is 5.66 Å². The van der Waals surface area contributed by atoms with Crippen molar-refractivity contribution >= 4 is 103 Å². The first-order valence-electron chi connectivity index (χ1n) is 9.08. The lowest BCUT2D eigenvalue weighted by Crippen LogP contribution is -2.73. The van der Waals surface area contributed by atoms with Crippen molar-refractivity contribution in [3.8, 4) is 0 Å². The fraction of sp³-hybridized carbons (Fsp3) is 0.250. The van der Waals surface area contributed by atoms with Crippen molar-refractivity contribution in [2.24, 2.45) is 0 Å². The standard InChI is InChI=1S/C20H15Cl7N2O3S/c1-10-3-6-13(9-11(10)2)28-19(29-33(31,32)14-7-4-12(21)5-8-14)16(23)15(22)17(30)18(24,25)20(19,26)27/h3-9,28-29H,1-2H3. The van der Waals surface area contributed by atoms with Gasteiger partial charge in [0.05, 0.1) is 9.93 Å². The zero-order valence-electron chi connectivity index (χ0n) is 16.8. The van der Waals surface area contributed by atoms with Crippen molar-refractivity contribution < 1.29 is 13.2 Å². The summed E-state index contributed by atoms with van der Waals surface area (Å²) in [5, 5.41) is 1.99. The second-order valence-electron chi connectivity index (χ2n) is 7.34. The topological polar surface area (TPSA) is 75.3 Å². The molecule has 33 heavy (non-hydrogen) atoms. The Morgan fingerprint density at radius 2 is 1.42 bits per heavy atom. The van der Waals surface area contributed by atoms with E-state index in [4.69, 9.17) is 81.2 Å². The molecule has 1 unspecified atom stereocenters. The van der Waals surface area contributed by atoms with Crippen LogP contribution in [0.25, 0.3) is 0 Å². The SMILES string of the molecule is Cc1ccc(NC2(NS(=O)(=O)c3ccc(Cl)cc3)C(Cl)=C(Cl)C(=O)C(Cl)(Cl)C2(Cl)Cl)cc1C. The highest BCUT2D eigenvalue weighted by Crippen LogP contribution is 2.58. The molecule has 0 amide bonds. The normalized spacial score (nSPS) is 22.4. The average Bonchev–Trinajstić information content (AvgIpc) is 2.73. The maximum atomic E-state index is 13.4. The summed E-state index contributed by atoms with van der Waals surface area (Å²) < 4.78 is 23.9. The van der Waals surface area contributed by atoms with E-state index in [0.29, 0.717) is 10.7 Å². The molecule has 0 aromatic heterocycles. The van der Waals surface area contributed by atoms with E-state index in [9.17, 15) is 13.2 Å². The zero-order valence-corrected chi connectivity index (χ0v) is 22.9. The molecule has 3 rings (SSSR count). The molecule has 1 aliphatic rings. The number of halogens is 7. The van der Waals surface area contributed by atoms with Crippen LogP contribution in [0.1, 0.15) is 11.1 Å². The Morgan fingerprint density at radius 1 is 0.848 bits per heavy atom. The lowest BCUT2D eigenvalue weighted by atomic mass is 9.92. The summed E-state index contributed by atoms with van der Waals surface area (Å²) in [5.74, 6) is -1.09. The molecule has 5 nitrogen and oxygen atoms in total. The lowest BCUT2D eigenvalue weighted by molar-refractivity contribution is -0.116. The Hall–Kier alpha value is -0.410. The predicted molar refractivity (Wildman–Crippen MR) is 137 cm³/mol. The van der Waals surface area contributed by atoms with E-state index in [1.807, 2.05) is 13.8 Å². The van der Waals surface area contributed by atoms with Crippen molar-refractivity contribution in [1.82, 2.24) is 4.72 Å². The van der Waals surface area contributed by atoms with Crippen molar-refractivity contribution in [1.29, 1.82) is 0 Å². The van der Waals surface area contributed by atoms with Crippen LogP contribution in [0.4, 0.5) is 5.69 Å². The molecule has 1 atom stereocenters. The Morgan fingerprint density at radius 3 is 1.97 bits per heavy atom. The molecule has 0 spiro atoms. The summed E-state index contributed by atoms with van der Waals surface area (Å²) in [6.45, 7) is 3.72. The fourth-order valence-corrected chi connectivity index (χ4v) is 6.53. The molecule has 13 heteroatoms. The molecule has 2 aromatic rings. The Kier molecular flexibility index (Phi) is 7.60. The third kappa shape index (κ3) is 4.59. The molecule has 0 fully saturated rings. The van der Waals surface area contributed by atoms with Gasteiger partial charge in [0.2, 0.25) is 24.5 Å². The van der Waals surface area contributed by atoms with Gasteiger partial charge in [0, 0.05) is 10.7 Å². The van der Waals surface area contributed by atoms with Gasteiger partial charge in [-0.2, -0.15) is 4.72 Å². The quantitative estimate of drug-likeness (QED) is 0.293. The van der Waals surface area contributed by atoms with E-state index in [1.54, 1.807) is 18.2 Å². The molecule has 0 radical (unpaired) electrons. The van der Waals surface area contributed by atoms with Crippen molar-refractivity contribution in [3.63, 3.8) is 0 Å². The van der Waals surface area contributed by atoms with E-state index in [0.717, 1.165) is 11.1 Å². The van der Waals surface area contributed by atoms with Gasteiger partial charge in [-0.05, 0) is 61.4 Å². The van der Waals surface area contributed by atoms with Gasteiger partial charge in [-0.1, -0.05) is 87.3 Å². The highest BCUT2D eigenvalue weighted by molar-refractivity contribution is 7.89. The fourth-order valence-electron chi connectivity index (χ4n) is 3.10. The van der Waals surface area contributed by atoms with Crippen LogP contribution in [0.3, 0.4) is 0 Å². The summed E-state index contributed by atoms with van der Waals surface area (Å²) in [4.78, 5) is 12.5. The molecule has 2 N–H and O–H groups in total. The molecular weight excluding hydrogens is 596 g/mol. The van der Waals surface area contributed by atoms with Crippen LogP contribution in [0.15, 0.2) is 57.4 Å². The van der Waals surface area contributed by atoms with Gasteiger partial charge in [-0.3, -0.25) is 4.79 Å². The van der Waals surface area contributed by atoms with E-state index >= 15 is 0 Å². The number of carbonyl (C=O) groups is 1. The van der Waals surface area contributed by atoms with E-state index in [1.165, 1.54) is 24.3 Å². The average molecular weight is 612 g/mol. The third-order valence-corrected chi connectivity index (χ3v) is 10.2. The second kappa shape index (κ2) is 9.23. The largest absolute Gasteiger partial charge is 0.359 e. The number of ketones is 1. The predicted octanol–water partition coefficient (Wildman–Crippen LogP) is 6.66. The first-order valence-corrected chi connectivity index (χ1v) is 13.2. The Labute approximate surface area is 226 Å². The van der Waals surface area contributed by atoms with E-state index in [-0.39, 0.29) is 4.90 Å². The summed E-state index contributed by atoms with van der Waals surface area (Å²) in [6.07, 6.45) is 0. The molecule has 0 bridgehead atoms. The molecular formula is C20H15Cl7N2O3S. The number of carbonyl (C=O) groups excluding carboxylic acids is 1. The lowest BCUT2D eigenvalue weighted by Gasteiger charge is -2.50. The molecule has 0 saturated carbocycles. The molecule has 1 aliphatic carbocycles. The van der Waals surface area contributed by atoms with Crippen molar-refractivity contribution in [2.75, 3.05) is 5.32 Å². The first-order chi connectivity index (χ1) is 15.1. The van der Waals surface area contributed by atoms with E-state index in [2.05, 4.69) is 10.0 Å².